The van der Waals surface area contributed by atoms with Crippen molar-refractivity contribution in [3.63, 3.8) is 0 Å². The molecule has 7 nitrogen and oxygen atoms in total. The van der Waals surface area contributed by atoms with Gasteiger partial charge >= 0.3 is 10.3 Å². The van der Waals surface area contributed by atoms with Crippen molar-refractivity contribution in [2.45, 2.75) is 32.0 Å². The Bertz CT molecular complexity index is 559. The number of thiazole rings is 1. The van der Waals surface area contributed by atoms with Crippen molar-refractivity contribution in [3.05, 3.63) is 15.5 Å². The van der Waals surface area contributed by atoms with Crippen LogP contribution in [0.4, 0.5) is 0 Å². The molecule has 2 rings (SSSR count). The van der Waals surface area contributed by atoms with Gasteiger partial charge in [-0.15, -0.1) is 11.3 Å². The molecule has 1 N–H and O–H groups in total. The van der Waals surface area contributed by atoms with Gasteiger partial charge in [0.25, 0.3) is 0 Å². The smallest absolute Gasteiger partial charge is 0.336 e. The van der Waals surface area contributed by atoms with Crippen molar-refractivity contribution in [1.82, 2.24) is 9.71 Å². The van der Waals surface area contributed by atoms with Gasteiger partial charge in [0.2, 0.25) is 6.29 Å². The summed E-state index contributed by atoms with van der Waals surface area (Å²) >= 11 is 6.93. The molecule has 1 aromatic rings. The zero-order valence-corrected chi connectivity index (χ0v) is 12.8. The fourth-order valence-corrected chi connectivity index (χ4v) is 3.04. The summed E-state index contributed by atoms with van der Waals surface area (Å²) in [5, 5.41) is 0. The van der Waals surface area contributed by atoms with Crippen LogP contribution in [0.3, 0.4) is 0 Å². The maximum Gasteiger partial charge on any atom is 0.338 e. The predicted octanol–water partition coefficient (Wildman–Crippen LogP) is 1.43. The number of hydrogen-bond acceptors (Lipinski definition) is 7. The van der Waals surface area contributed by atoms with Crippen LogP contribution in [-0.4, -0.2) is 32.5 Å². The third-order valence-electron chi connectivity index (χ3n) is 2.31. The monoisotopic (exact) mass is 328 g/mol. The molecule has 0 radical (unpaired) electrons. The molecule has 0 aliphatic carbocycles. The minimum absolute atomic E-state index is 0.332. The molecule has 1 aliphatic heterocycles. The lowest BCUT2D eigenvalue weighted by Crippen LogP contribution is -2.30. The summed E-state index contributed by atoms with van der Waals surface area (Å²) in [7, 11) is -2.65. The number of nitrogens with zero attached hydrogens (tertiary/aromatic N) is 1. The molecule has 2 atom stereocenters. The second kappa shape index (κ2) is 5.24. The van der Waals surface area contributed by atoms with Gasteiger partial charge in [0.05, 0.1) is 4.88 Å². The van der Waals surface area contributed by atoms with Gasteiger partial charge in [0, 0.05) is 13.2 Å². The molecular formula is C9H13ClN2O5S2. The molecule has 2 unspecified atom stereocenters. The van der Waals surface area contributed by atoms with Gasteiger partial charge in [-0.2, -0.15) is 13.1 Å². The summed E-state index contributed by atoms with van der Waals surface area (Å²) in [4.78, 5) is 4.52. The highest BCUT2D eigenvalue weighted by molar-refractivity contribution is 7.84. The molecule has 0 saturated carbocycles. The van der Waals surface area contributed by atoms with E-state index in [1.807, 2.05) is 4.72 Å². The number of ether oxygens (including phenoxy) is 2. The van der Waals surface area contributed by atoms with Gasteiger partial charge in [-0.25, -0.2) is 9.17 Å². The molecule has 0 spiro atoms. The molecule has 10 heteroatoms. The Balaban J connectivity index is 2.24. The number of hydrogen-bond donors (Lipinski definition) is 1. The van der Waals surface area contributed by atoms with Crippen molar-refractivity contribution in [1.29, 1.82) is 0 Å². The average molecular weight is 329 g/mol. The molecule has 1 fully saturated rings. The first-order valence-electron chi connectivity index (χ1n) is 5.31. The molecule has 2 heterocycles. The molecule has 1 aliphatic rings. The Kier molecular flexibility index (Phi) is 4.17. The first-order valence-corrected chi connectivity index (χ1v) is 7.91. The Morgan fingerprint density at radius 1 is 1.53 bits per heavy atom. The third-order valence-corrected chi connectivity index (χ3v) is 4.42. The fourth-order valence-electron chi connectivity index (χ4n) is 1.56. The van der Waals surface area contributed by atoms with Gasteiger partial charge in [-0.3, -0.25) is 0 Å². The summed E-state index contributed by atoms with van der Waals surface area (Å²) in [6.07, 6.45) is -0.294. The van der Waals surface area contributed by atoms with E-state index in [-0.39, 0.29) is 0 Å². The number of rotatable bonds is 4. The zero-order chi connectivity index (χ0) is 14.3. The van der Waals surface area contributed by atoms with Crippen LogP contribution in [0.1, 0.15) is 24.8 Å². The summed E-state index contributed by atoms with van der Waals surface area (Å²) in [5.74, 6) is -0.963. The average Bonchev–Trinajstić information content (AvgIpc) is 2.82. The quantitative estimate of drug-likeness (QED) is 0.899. The van der Waals surface area contributed by atoms with Crippen LogP contribution in [0.15, 0.2) is 6.20 Å². The van der Waals surface area contributed by atoms with E-state index >= 15 is 0 Å². The van der Waals surface area contributed by atoms with Crippen molar-refractivity contribution in [2.75, 3.05) is 7.05 Å². The SMILES string of the molecule is CNS(=O)(=O)OC1OC(C)(C)OC1c1cnc(Cl)s1. The highest BCUT2D eigenvalue weighted by Gasteiger charge is 2.45. The van der Waals surface area contributed by atoms with Gasteiger partial charge < -0.3 is 9.47 Å². The van der Waals surface area contributed by atoms with E-state index in [0.717, 1.165) is 0 Å². The van der Waals surface area contributed by atoms with Gasteiger partial charge in [0.15, 0.2) is 10.3 Å². The second-order valence-corrected chi connectivity index (χ2v) is 7.35. The van der Waals surface area contributed by atoms with Crippen molar-refractivity contribution in [2.24, 2.45) is 0 Å². The maximum atomic E-state index is 11.4. The predicted molar refractivity (Wildman–Crippen MR) is 69.0 cm³/mol. The topological polar surface area (TPSA) is 86.8 Å². The van der Waals surface area contributed by atoms with Crippen LogP contribution in [0.5, 0.6) is 0 Å². The summed E-state index contributed by atoms with van der Waals surface area (Å²) in [5.41, 5.74) is 0. The lowest BCUT2D eigenvalue weighted by Gasteiger charge is -2.16. The van der Waals surface area contributed by atoms with Gasteiger partial charge in [0.1, 0.15) is 6.10 Å². The molecule has 1 saturated heterocycles. The molecule has 0 bridgehead atoms. The second-order valence-electron chi connectivity index (χ2n) is 4.19. The van der Waals surface area contributed by atoms with Gasteiger partial charge in [-0.1, -0.05) is 11.6 Å². The summed E-state index contributed by atoms with van der Waals surface area (Å²) in [6, 6.07) is 0. The first-order chi connectivity index (χ1) is 8.72. The van der Waals surface area contributed by atoms with E-state index in [1.54, 1.807) is 13.8 Å². The Morgan fingerprint density at radius 3 is 2.74 bits per heavy atom. The number of aromatic nitrogens is 1. The summed E-state index contributed by atoms with van der Waals surface area (Å²) in [6.45, 7) is 3.33. The normalized spacial score (nSPS) is 26.7. The molecule has 1 aromatic heterocycles. The van der Waals surface area contributed by atoms with E-state index in [2.05, 4.69) is 4.98 Å². The largest absolute Gasteiger partial charge is 0.338 e. The van der Waals surface area contributed by atoms with Gasteiger partial charge in [-0.05, 0) is 13.8 Å². The van der Waals surface area contributed by atoms with Crippen LogP contribution in [0, 0.1) is 0 Å². The van der Waals surface area contributed by atoms with E-state index < -0.39 is 28.5 Å². The van der Waals surface area contributed by atoms with E-state index in [0.29, 0.717) is 9.34 Å². The van der Waals surface area contributed by atoms with Crippen LogP contribution in [-0.2, 0) is 24.0 Å². The Morgan fingerprint density at radius 2 is 2.21 bits per heavy atom. The third kappa shape index (κ3) is 3.63. The van der Waals surface area contributed by atoms with Crippen molar-refractivity contribution < 1.29 is 22.1 Å². The lowest BCUT2D eigenvalue weighted by atomic mass is 10.3. The van der Waals surface area contributed by atoms with Crippen LogP contribution in [0.25, 0.3) is 0 Å². The number of halogens is 1. The molecule has 0 amide bonds. The highest BCUT2D eigenvalue weighted by Crippen LogP contribution is 2.41. The van der Waals surface area contributed by atoms with Crippen molar-refractivity contribution >= 4 is 33.2 Å². The van der Waals surface area contributed by atoms with Crippen LogP contribution in [0.2, 0.25) is 4.47 Å². The fraction of sp³-hybridized carbons (Fsp3) is 0.667. The minimum atomic E-state index is -3.89. The Hall–Kier alpha value is -0.290. The number of nitrogens with one attached hydrogen (secondary N) is 1. The van der Waals surface area contributed by atoms with Crippen molar-refractivity contribution in [3.8, 4) is 0 Å². The Labute approximate surface area is 120 Å². The lowest BCUT2D eigenvalue weighted by molar-refractivity contribution is -0.167. The van der Waals surface area contributed by atoms with E-state index in [1.165, 1.54) is 24.6 Å². The molecule has 0 aromatic carbocycles. The minimum Gasteiger partial charge on any atom is -0.336 e. The molecule has 19 heavy (non-hydrogen) atoms. The molecule has 108 valence electrons. The van der Waals surface area contributed by atoms with Crippen LogP contribution < -0.4 is 4.72 Å². The zero-order valence-electron chi connectivity index (χ0n) is 10.4. The summed E-state index contributed by atoms with van der Waals surface area (Å²) < 4.78 is 41.2. The highest BCUT2D eigenvalue weighted by atomic mass is 35.5. The van der Waals surface area contributed by atoms with Crippen LogP contribution >= 0.6 is 22.9 Å². The van der Waals surface area contributed by atoms with E-state index in [4.69, 9.17) is 25.3 Å². The standard InChI is InChI=1S/C9H13ClN2O5S2/c1-9(2)15-6(5-4-12-8(10)18-5)7(16-9)17-19(13,14)11-3/h4,6-7,11H,1-3H3. The first kappa shape index (κ1) is 15.1. The molecular weight excluding hydrogens is 316 g/mol. The maximum absolute atomic E-state index is 11.4. The van der Waals surface area contributed by atoms with E-state index in [9.17, 15) is 8.42 Å².